The van der Waals surface area contributed by atoms with E-state index in [0.717, 1.165) is 29.0 Å². The second-order valence-corrected chi connectivity index (χ2v) is 4.44. The SMILES string of the molecule is COc1cccc(C[C@@H](N)c2cccc(OC)c2)c1. The predicted octanol–water partition coefficient (Wildman–Crippen LogP) is 2.95. The van der Waals surface area contributed by atoms with E-state index in [-0.39, 0.29) is 6.04 Å². The number of ether oxygens (including phenoxy) is 2. The Morgan fingerprint density at radius 2 is 1.58 bits per heavy atom. The molecule has 0 aliphatic rings. The minimum atomic E-state index is -0.0535. The molecule has 100 valence electrons. The van der Waals surface area contributed by atoms with Crippen LogP contribution in [0.1, 0.15) is 17.2 Å². The van der Waals surface area contributed by atoms with Gasteiger partial charge >= 0.3 is 0 Å². The Morgan fingerprint density at radius 3 is 2.26 bits per heavy atom. The molecular formula is C16H19NO2. The summed E-state index contributed by atoms with van der Waals surface area (Å²) in [5.41, 5.74) is 8.48. The minimum Gasteiger partial charge on any atom is -0.497 e. The lowest BCUT2D eigenvalue weighted by Crippen LogP contribution is -2.13. The van der Waals surface area contributed by atoms with Crippen molar-refractivity contribution in [3.63, 3.8) is 0 Å². The summed E-state index contributed by atoms with van der Waals surface area (Å²) in [5.74, 6) is 1.69. The molecule has 0 spiro atoms. The second kappa shape index (κ2) is 6.25. The Hall–Kier alpha value is -2.00. The maximum Gasteiger partial charge on any atom is 0.119 e. The molecule has 0 aromatic heterocycles. The van der Waals surface area contributed by atoms with Crippen molar-refractivity contribution in [1.82, 2.24) is 0 Å². The van der Waals surface area contributed by atoms with Crippen molar-refractivity contribution in [2.24, 2.45) is 5.73 Å². The molecule has 0 amide bonds. The number of methoxy groups -OCH3 is 2. The van der Waals surface area contributed by atoms with Gasteiger partial charge in [0.1, 0.15) is 11.5 Å². The normalized spacial score (nSPS) is 11.9. The predicted molar refractivity (Wildman–Crippen MR) is 76.6 cm³/mol. The third kappa shape index (κ3) is 3.48. The van der Waals surface area contributed by atoms with Crippen molar-refractivity contribution < 1.29 is 9.47 Å². The van der Waals surface area contributed by atoms with Gasteiger partial charge in [-0.1, -0.05) is 24.3 Å². The molecule has 2 aromatic rings. The maximum absolute atomic E-state index is 6.25. The maximum atomic E-state index is 6.25. The van der Waals surface area contributed by atoms with Gasteiger partial charge in [-0.2, -0.15) is 0 Å². The molecule has 2 rings (SSSR count). The average molecular weight is 257 g/mol. The van der Waals surface area contributed by atoms with Gasteiger partial charge in [0.05, 0.1) is 14.2 Å². The summed E-state index contributed by atoms with van der Waals surface area (Å²) in [6.07, 6.45) is 0.768. The van der Waals surface area contributed by atoms with E-state index in [2.05, 4.69) is 6.07 Å². The summed E-state index contributed by atoms with van der Waals surface area (Å²) < 4.78 is 10.4. The minimum absolute atomic E-state index is 0.0535. The zero-order valence-corrected chi connectivity index (χ0v) is 11.3. The first-order valence-electron chi connectivity index (χ1n) is 6.25. The Kier molecular flexibility index (Phi) is 4.42. The fourth-order valence-electron chi connectivity index (χ4n) is 2.04. The molecule has 1 atom stereocenters. The summed E-state index contributed by atoms with van der Waals surface area (Å²) >= 11 is 0. The lowest BCUT2D eigenvalue weighted by molar-refractivity contribution is 0.413. The van der Waals surface area contributed by atoms with Crippen LogP contribution in [0, 0.1) is 0 Å². The van der Waals surface area contributed by atoms with E-state index < -0.39 is 0 Å². The van der Waals surface area contributed by atoms with E-state index >= 15 is 0 Å². The average Bonchev–Trinajstić information content (AvgIpc) is 2.47. The molecule has 0 saturated carbocycles. The molecular weight excluding hydrogens is 238 g/mol. The second-order valence-electron chi connectivity index (χ2n) is 4.44. The summed E-state index contributed by atoms with van der Waals surface area (Å²) in [6.45, 7) is 0. The molecule has 2 N–H and O–H groups in total. The molecule has 0 heterocycles. The van der Waals surface area contributed by atoms with E-state index in [1.807, 2.05) is 42.5 Å². The Balaban J connectivity index is 2.13. The molecule has 3 nitrogen and oxygen atoms in total. The molecule has 2 aromatic carbocycles. The van der Waals surface area contributed by atoms with Gasteiger partial charge in [0, 0.05) is 6.04 Å². The Bertz CT molecular complexity index is 540. The highest BCUT2D eigenvalue weighted by molar-refractivity contribution is 5.33. The Morgan fingerprint density at radius 1 is 0.947 bits per heavy atom. The van der Waals surface area contributed by atoms with E-state index in [0.29, 0.717) is 0 Å². The van der Waals surface area contributed by atoms with Gasteiger partial charge < -0.3 is 15.2 Å². The monoisotopic (exact) mass is 257 g/mol. The molecule has 0 saturated heterocycles. The lowest BCUT2D eigenvalue weighted by Gasteiger charge is -2.13. The largest absolute Gasteiger partial charge is 0.497 e. The standard InChI is InChI=1S/C16H19NO2/c1-18-14-7-3-5-12(9-14)10-16(17)13-6-4-8-15(11-13)19-2/h3-9,11,16H,10,17H2,1-2H3/t16-/m1/s1. The highest BCUT2D eigenvalue weighted by Crippen LogP contribution is 2.22. The zero-order valence-electron chi connectivity index (χ0n) is 11.3. The van der Waals surface area contributed by atoms with Crippen LogP contribution in [0.4, 0.5) is 0 Å². The molecule has 3 heteroatoms. The smallest absolute Gasteiger partial charge is 0.119 e. The number of benzene rings is 2. The van der Waals surface area contributed by atoms with Crippen LogP contribution in [-0.4, -0.2) is 14.2 Å². The highest BCUT2D eigenvalue weighted by atomic mass is 16.5. The van der Waals surface area contributed by atoms with Crippen molar-refractivity contribution >= 4 is 0 Å². The van der Waals surface area contributed by atoms with Crippen LogP contribution < -0.4 is 15.2 Å². The highest BCUT2D eigenvalue weighted by Gasteiger charge is 2.08. The lowest BCUT2D eigenvalue weighted by atomic mass is 9.99. The summed E-state index contributed by atoms with van der Waals surface area (Å²) in [4.78, 5) is 0. The quantitative estimate of drug-likeness (QED) is 0.895. The van der Waals surface area contributed by atoms with Crippen molar-refractivity contribution in [3.8, 4) is 11.5 Å². The van der Waals surface area contributed by atoms with Crippen LogP contribution in [0.15, 0.2) is 48.5 Å². The van der Waals surface area contributed by atoms with E-state index in [1.165, 1.54) is 0 Å². The topological polar surface area (TPSA) is 44.5 Å². The van der Waals surface area contributed by atoms with Gasteiger partial charge in [-0.05, 0) is 41.8 Å². The van der Waals surface area contributed by atoms with Crippen LogP contribution in [0.2, 0.25) is 0 Å². The van der Waals surface area contributed by atoms with Crippen LogP contribution in [0.5, 0.6) is 11.5 Å². The fraction of sp³-hybridized carbons (Fsp3) is 0.250. The van der Waals surface area contributed by atoms with Gasteiger partial charge in [-0.3, -0.25) is 0 Å². The van der Waals surface area contributed by atoms with E-state index in [1.54, 1.807) is 14.2 Å². The van der Waals surface area contributed by atoms with E-state index in [9.17, 15) is 0 Å². The van der Waals surface area contributed by atoms with Gasteiger partial charge in [0.25, 0.3) is 0 Å². The number of hydrogen-bond acceptors (Lipinski definition) is 3. The number of hydrogen-bond donors (Lipinski definition) is 1. The van der Waals surface area contributed by atoms with Gasteiger partial charge in [0.2, 0.25) is 0 Å². The molecule has 19 heavy (non-hydrogen) atoms. The number of rotatable bonds is 5. The molecule has 0 aliphatic heterocycles. The van der Waals surface area contributed by atoms with Gasteiger partial charge in [-0.25, -0.2) is 0 Å². The van der Waals surface area contributed by atoms with Crippen LogP contribution in [-0.2, 0) is 6.42 Å². The van der Waals surface area contributed by atoms with Crippen molar-refractivity contribution in [1.29, 1.82) is 0 Å². The molecule has 0 unspecified atom stereocenters. The number of nitrogens with two attached hydrogens (primary N) is 1. The first-order valence-corrected chi connectivity index (χ1v) is 6.25. The summed E-state index contributed by atoms with van der Waals surface area (Å²) in [5, 5.41) is 0. The van der Waals surface area contributed by atoms with Crippen molar-refractivity contribution in [3.05, 3.63) is 59.7 Å². The summed E-state index contributed by atoms with van der Waals surface area (Å²) in [7, 11) is 3.33. The molecule has 0 radical (unpaired) electrons. The third-order valence-corrected chi connectivity index (χ3v) is 3.11. The Labute approximate surface area is 114 Å². The van der Waals surface area contributed by atoms with Gasteiger partial charge in [-0.15, -0.1) is 0 Å². The molecule has 0 fully saturated rings. The van der Waals surface area contributed by atoms with Crippen LogP contribution in [0.3, 0.4) is 0 Å². The fourth-order valence-corrected chi connectivity index (χ4v) is 2.04. The first-order chi connectivity index (χ1) is 9.22. The first kappa shape index (κ1) is 13.4. The molecule has 0 aliphatic carbocycles. The summed E-state index contributed by atoms with van der Waals surface area (Å²) in [6, 6.07) is 15.8. The zero-order chi connectivity index (χ0) is 13.7. The van der Waals surface area contributed by atoms with Crippen LogP contribution >= 0.6 is 0 Å². The third-order valence-electron chi connectivity index (χ3n) is 3.11. The van der Waals surface area contributed by atoms with E-state index in [4.69, 9.17) is 15.2 Å². The van der Waals surface area contributed by atoms with Crippen molar-refractivity contribution in [2.75, 3.05) is 14.2 Å². The van der Waals surface area contributed by atoms with Crippen molar-refractivity contribution in [2.45, 2.75) is 12.5 Å². The molecule has 0 bridgehead atoms. The van der Waals surface area contributed by atoms with Gasteiger partial charge in [0.15, 0.2) is 0 Å². The van der Waals surface area contributed by atoms with Crippen LogP contribution in [0.25, 0.3) is 0 Å².